The Morgan fingerprint density at radius 1 is 1.35 bits per heavy atom. The number of anilines is 1. The zero-order valence-electron chi connectivity index (χ0n) is 10.1. The van der Waals surface area contributed by atoms with Crippen molar-refractivity contribution in [3.05, 3.63) is 24.3 Å². The maximum atomic E-state index is 5.83. The number of thiazole rings is 1. The molecule has 2 nitrogen and oxygen atoms in total. The molecule has 0 aliphatic carbocycles. The van der Waals surface area contributed by atoms with Gasteiger partial charge in [-0.15, -0.1) is 11.6 Å². The van der Waals surface area contributed by atoms with Crippen LogP contribution in [0.25, 0.3) is 10.2 Å². The van der Waals surface area contributed by atoms with Crippen LogP contribution in [0.3, 0.4) is 0 Å². The van der Waals surface area contributed by atoms with Gasteiger partial charge in [0.15, 0.2) is 5.13 Å². The van der Waals surface area contributed by atoms with Crippen LogP contribution in [-0.4, -0.2) is 16.9 Å². The second-order valence-corrected chi connectivity index (χ2v) is 5.87. The van der Waals surface area contributed by atoms with Crippen molar-refractivity contribution in [1.29, 1.82) is 0 Å². The molecular formula is C13H17ClN2S. The number of benzene rings is 1. The molecule has 4 heteroatoms. The van der Waals surface area contributed by atoms with Gasteiger partial charge < -0.3 is 5.32 Å². The summed E-state index contributed by atoms with van der Waals surface area (Å²) >= 11 is 7.53. The van der Waals surface area contributed by atoms with Gasteiger partial charge in [-0.2, -0.15) is 0 Å². The Labute approximate surface area is 111 Å². The zero-order chi connectivity index (χ0) is 12.3. The highest BCUT2D eigenvalue weighted by Crippen LogP contribution is 2.27. The predicted octanol–water partition coefficient (Wildman–Crippen LogP) is 4.36. The molecule has 0 amide bonds. The lowest BCUT2D eigenvalue weighted by Crippen LogP contribution is -2.25. The molecule has 0 aliphatic rings. The van der Waals surface area contributed by atoms with E-state index in [1.807, 2.05) is 18.2 Å². The van der Waals surface area contributed by atoms with E-state index >= 15 is 0 Å². The second-order valence-electron chi connectivity index (χ2n) is 4.46. The number of aromatic nitrogens is 1. The number of alkyl halides is 1. The molecule has 1 aromatic heterocycles. The molecule has 0 fully saturated rings. The molecule has 0 spiro atoms. The summed E-state index contributed by atoms with van der Waals surface area (Å²) < 4.78 is 1.23. The van der Waals surface area contributed by atoms with Crippen LogP contribution in [0, 0.1) is 5.92 Å². The molecule has 1 aromatic carbocycles. The van der Waals surface area contributed by atoms with Crippen LogP contribution in [0.2, 0.25) is 0 Å². The smallest absolute Gasteiger partial charge is 0.184 e. The van der Waals surface area contributed by atoms with Gasteiger partial charge in [-0.3, -0.25) is 0 Å². The molecule has 0 saturated heterocycles. The normalized spacial score (nSPS) is 13.2. The monoisotopic (exact) mass is 268 g/mol. The lowest BCUT2D eigenvalue weighted by molar-refractivity contribution is 0.513. The van der Waals surface area contributed by atoms with Crippen molar-refractivity contribution in [1.82, 2.24) is 4.98 Å². The number of fused-ring (bicyclic) bond motifs is 1. The largest absolute Gasteiger partial charge is 0.358 e. The summed E-state index contributed by atoms with van der Waals surface area (Å²) in [5.41, 5.74) is 1.06. The SMILES string of the molecule is CC(C)C(CCCl)Nc1nc2ccccc2s1. The number of hydrogen-bond donors (Lipinski definition) is 1. The molecule has 1 N–H and O–H groups in total. The van der Waals surface area contributed by atoms with E-state index in [1.54, 1.807) is 11.3 Å². The van der Waals surface area contributed by atoms with Crippen molar-refractivity contribution in [2.24, 2.45) is 5.92 Å². The third-order valence-electron chi connectivity index (χ3n) is 2.83. The molecule has 92 valence electrons. The number of nitrogens with zero attached hydrogens (tertiary/aromatic N) is 1. The van der Waals surface area contributed by atoms with E-state index in [1.165, 1.54) is 4.70 Å². The number of nitrogens with one attached hydrogen (secondary N) is 1. The van der Waals surface area contributed by atoms with Gasteiger partial charge in [0.25, 0.3) is 0 Å². The first-order valence-electron chi connectivity index (χ1n) is 5.89. The van der Waals surface area contributed by atoms with Crippen LogP contribution >= 0.6 is 22.9 Å². The van der Waals surface area contributed by atoms with Crippen molar-refractivity contribution in [2.45, 2.75) is 26.3 Å². The van der Waals surface area contributed by atoms with Crippen LogP contribution in [0.5, 0.6) is 0 Å². The van der Waals surface area contributed by atoms with Gasteiger partial charge in [-0.05, 0) is 24.5 Å². The quantitative estimate of drug-likeness (QED) is 0.815. The molecule has 2 aromatic rings. The van der Waals surface area contributed by atoms with Crippen LogP contribution < -0.4 is 5.32 Å². The fourth-order valence-electron chi connectivity index (χ4n) is 1.78. The Balaban J connectivity index is 2.16. The minimum atomic E-state index is 0.396. The summed E-state index contributed by atoms with van der Waals surface area (Å²) in [6, 6.07) is 8.61. The average molecular weight is 269 g/mol. The molecule has 1 atom stereocenters. The van der Waals surface area contributed by atoms with Gasteiger partial charge in [0.05, 0.1) is 10.2 Å². The first-order valence-corrected chi connectivity index (χ1v) is 7.24. The topological polar surface area (TPSA) is 24.9 Å². The van der Waals surface area contributed by atoms with Gasteiger partial charge in [-0.25, -0.2) is 4.98 Å². The van der Waals surface area contributed by atoms with Crippen LogP contribution in [0.15, 0.2) is 24.3 Å². The minimum Gasteiger partial charge on any atom is -0.358 e. The predicted molar refractivity (Wildman–Crippen MR) is 77.2 cm³/mol. The molecule has 0 radical (unpaired) electrons. The second kappa shape index (κ2) is 5.69. The highest BCUT2D eigenvalue weighted by atomic mass is 35.5. The van der Waals surface area contributed by atoms with Crippen molar-refractivity contribution in [3.8, 4) is 0 Å². The van der Waals surface area contributed by atoms with E-state index in [4.69, 9.17) is 11.6 Å². The lowest BCUT2D eigenvalue weighted by atomic mass is 10.0. The van der Waals surface area contributed by atoms with Gasteiger partial charge >= 0.3 is 0 Å². The highest BCUT2D eigenvalue weighted by Gasteiger charge is 2.14. The van der Waals surface area contributed by atoms with Crippen LogP contribution in [0.1, 0.15) is 20.3 Å². The molecule has 1 heterocycles. The Kier molecular flexibility index (Phi) is 4.24. The van der Waals surface area contributed by atoms with Crippen molar-refractivity contribution >= 4 is 38.3 Å². The van der Waals surface area contributed by atoms with Crippen molar-refractivity contribution in [3.63, 3.8) is 0 Å². The zero-order valence-corrected chi connectivity index (χ0v) is 11.7. The Morgan fingerprint density at radius 2 is 2.12 bits per heavy atom. The van der Waals surface area contributed by atoms with E-state index in [-0.39, 0.29) is 0 Å². The standard InChI is InChI=1S/C13H17ClN2S/c1-9(2)10(7-8-14)15-13-16-11-5-3-4-6-12(11)17-13/h3-6,9-10H,7-8H2,1-2H3,(H,15,16). The lowest BCUT2D eigenvalue weighted by Gasteiger charge is -2.20. The Morgan fingerprint density at radius 3 is 2.76 bits per heavy atom. The fraction of sp³-hybridized carbons (Fsp3) is 0.462. The Hall–Kier alpha value is -0.800. The summed E-state index contributed by atoms with van der Waals surface area (Å²) in [7, 11) is 0. The van der Waals surface area contributed by atoms with E-state index < -0.39 is 0 Å². The molecule has 1 unspecified atom stereocenters. The van der Waals surface area contributed by atoms with Gasteiger partial charge in [0.2, 0.25) is 0 Å². The molecule has 0 aliphatic heterocycles. The first kappa shape index (κ1) is 12.7. The van der Waals surface area contributed by atoms with Gasteiger partial charge in [0.1, 0.15) is 0 Å². The van der Waals surface area contributed by atoms with Crippen LogP contribution in [0.4, 0.5) is 5.13 Å². The summed E-state index contributed by atoms with van der Waals surface area (Å²) in [5.74, 6) is 1.24. The molecule has 0 saturated carbocycles. The number of para-hydroxylation sites is 1. The third kappa shape index (κ3) is 3.11. The molecule has 0 bridgehead atoms. The molecule has 17 heavy (non-hydrogen) atoms. The van der Waals surface area contributed by atoms with E-state index in [0.717, 1.165) is 17.1 Å². The van der Waals surface area contributed by atoms with E-state index in [2.05, 4.69) is 30.2 Å². The Bertz CT molecular complexity index is 448. The van der Waals surface area contributed by atoms with Gasteiger partial charge in [-0.1, -0.05) is 37.3 Å². The number of rotatable bonds is 5. The fourth-order valence-corrected chi connectivity index (χ4v) is 2.94. The summed E-state index contributed by atoms with van der Waals surface area (Å²) in [5, 5.41) is 4.49. The average Bonchev–Trinajstić information content (AvgIpc) is 2.70. The number of hydrogen-bond acceptors (Lipinski definition) is 3. The highest BCUT2D eigenvalue weighted by molar-refractivity contribution is 7.22. The van der Waals surface area contributed by atoms with Gasteiger partial charge in [0, 0.05) is 11.9 Å². The molecular weight excluding hydrogens is 252 g/mol. The summed E-state index contributed by atoms with van der Waals surface area (Å²) in [4.78, 5) is 4.58. The summed E-state index contributed by atoms with van der Waals surface area (Å²) in [6.07, 6.45) is 0.967. The van der Waals surface area contributed by atoms with E-state index in [0.29, 0.717) is 17.8 Å². The van der Waals surface area contributed by atoms with Crippen molar-refractivity contribution in [2.75, 3.05) is 11.2 Å². The van der Waals surface area contributed by atoms with Crippen molar-refractivity contribution < 1.29 is 0 Å². The first-order chi connectivity index (χ1) is 8.20. The minimum absolute atomic E-state index is 0.396. The van der Waals surface area contributed by atoms with Crippen LogP contribution in [-0.2, 0) is 0 Å². The summed E-state index contributed by atoms with van der Waals surface area (Å²) in [6.45, 7) is 4.41. The molecule has 2 rings (SSSR count). The maximum absolute atomic E-state index is 5.83. The third-order valence-corrected chi connectivity index (χ3v) is 4.01. The van der Waals surface area contributed by atoms with E-state index in [9.17, 15) is 0 Å². The number of halogens is 1. The maximum Gasteiger partial charge on any atom is 0.184 e.